The molecule has 6 heteroatoms. The largest absolute Gasteiger partial charge is 0.494 e. The summed E-state index contributed by atoms with van der Waals surface area (Å²) in [5.74, 6) is 1.73. The van der Waals surface area contributed by atoms with Crippen LogP contribution in [0.4, 0.5) is 0 Å². The second kappa shape index (κ2) is 8.71. The van der Waals surface area contributed by atoms with Crippen LogP contribution in [0.15, 0.2) is 89.2 Å². The molecule has 0 saturated carbocycles. The summed E-state index contributed by atoms with van der Waals surface area (Å²) in [6.07, 6.45) is 2.48. The molecule has 0 radical (unpaired) electrons. The Kier molecular flexibility index (Phi) is 5.68. The van der Waals surface area contributed by atoms with E-state index in [0.717, 1.165) is 27.4 Å². The third kappa shape index (κ3) is 4.23. The number of ether oxygens (including phenoxy) is 1. The summed E-state index contributed by atoms with van der Waals surface area (Å²) in [5.41, 5.74) is 2.19. The van der Waals surface area contributed by atoms with Crippen molar-refractivity contribution in [2.24, 2.45) is 0 Å². The summed E-state index contributed by atoms with van der Waals surface area (Å²) in [7, 11) is 0. The minimum atomic E-state index is 0.645. The fraction of sp³-hybridized carbons (Fsp3) is 0.136. The van der Waals surface area contributed by atoms with Gasteiger partial charge in [0, 0.05) is 18.3 Å². The molecule has 0 unspecified atom stereocenters. The van der Waals surface area contributed by atoms with Crippen molar-refractivity contribution in [3.63, 3.8) is 0 Å². The van der Waals surface area contributed by atoms with Gasteiger partial charge in [-0.3, -0.25) is 4.57 Å². The van der Waals surface area contributed by atoms with Gasteiger partial charge in [0.15, 0.2) is 0 Å². The van der Waals surface area contributed by atoms with Gasteiger partial charge in [0.25, 0.3) is 0 Å². The van der Waals surface area contributed by atoms with E-state index in [1.165, 1.54) is 17.3 Å². The maximum absolute atomic E-state index is 5.57. The summed E-state index contributed by atoms with van der Waals surface area (Å²) in [6.45, 7) is 2.62. The fourth-order valence-corrected chi connectivity index (χ4v) is 3.71. The molecule has 4 rings (SSSR count). The third-order valence-corrected chi connectivity index (χ3v) is 5.04. The van der Waals surface area contributed by atoms with E-state index in [1.54, 1.807) is 6.20 Å². The van der Waals surface area contributed by atoms with Crippen LogP contribution < -0.4 is 4.74 Å². The van der Waals surface area contributed by atoms with Gasteiger partial charge < -0.3 is 4.74 Å². The van der Waals surface area contributed by atoms with Gasteiger partial charge in [-0.25, -0.2) is 4.98 Å². The number of pyridine rings is 1. The lowest BCUT2D eigenvalue weighted by molar-refractivity contribution is 0.340. The predicted octanol–water partition coefficient (Wildman–Crippen LogP) is 4.80. The van der Waals surface area contributed by atoms with Crippen molar-refractivity contribution >= 4 is 11.8 Å². The smallest absolute Gasteiger partial charge is 0.202 e. The number of aromatic nitrogens is 4. The quantitative estimate of drug-likeness (QED) is 0.455. The molecule has 2 aromatic heterocycles. The van der Waals surface area contributed by atoms with Crippen LogP contribution in [0, 0.1) is 0 Å². The number of nitrogens with zero attached hydrogens (tertiary/aromatic N) is 4. The van der Waals surface area contributed by atoms with Gasteiger partial charge in [-0.05, 0) is 60.6 Å². The van der Waals surface area contributed by atoms with E-state index < -0.39 is 0 Å². The Morgan fingerprint density at radius 1 is 0.893 bits per heavy atom. The van der Waals surface area contributed by atoms with Gasteiger partial charge >= 0.3 is 0 Å². The first-order valence-corrected chi connectivity index (χ1v) is 9.95. The Bertz CT molecular complexity index is 959. The number of rotatable bonds is 7. The summed E-state index contributed by atoms with van der Waals surface area (Å²) >= 11 is 1.50. The maximum Gasteiger partial charge on any atom is 0.202 e. The Morgan fingerprint density at radius 3 is 2.39 bits per heavy atom. The molecule has 0 amide bonds. The molecule has 28 heavy (non-hydrogen) atoms. The maximum atomic E-state index is 5.57. The number of hydrogen-bond acceptors (Lipinski definition) is 5. The highest BCUT2D eigenvalue weighted by Crippen LogP contribution is 2.29. The lowest BCUT2D eigenvalue weighted by Gasteiger charge is -2.11. The number of benzene rings is 2. The van der Waals surface area contributed by atoms with Gasteiger partial charge in [-0.2, -0.15) is 0 Å². The fourth-order valence-electron chi connectivity index (χ4n) is 2.88. The van der Waals surface area contributed by atoms with Crippen molar-refractivity contribution in [3.8, 4) is 11.4 Å². The Labute approximate surface area is 168 Å². The van der Waals surface area contributed by atoms with Crippen molar-refractivity contribution in [1.82, 2.24) is 19.7 Å². The first-order valence-electron chi connectivity index (χ1n) is 9.14. The van der Waals surface area contributed by atoms with Crippen LogP contribution in [0.25, 0.3) is 5.69 Å². The Hall–Kier alpha value is -3.12. The van der Waals surface area contributed by atoms with E-state index >= 15 is 0 Å². The van der Waals surface area contributed by atoms with Crippen molar-refractivity contribution in [1.29, 1.82) is 0 Å². The average molecular weight is 388 g/mol. The molecule has 0 atom stereocenters. The van der Waals surface area contributed by atoms with Crippen molar-refractivity contribution in [2.45, 2.75) is 23.5 Å². The van der Waals surface area contributed by atoms with Gasteiger partial charge in [0.05, 0.1) is 6.61 Å². The molecule has 5 nitrogen and oxygen atoms in total. The molecular formula is C22H20N4OS. The molecule has 0 fully saturated rings. The normalized spacial score (nSPS) is 10.8. The monoisotopic (exact) mass is 388 g/mol. The molecule has 0 saturated heterocycles. The highest BCUT2D eigenvalue weighted by Gasteiger charge is 2.16. The zero-order chi connectivity index (χ0) is 19.2. The Morgan fingerprint density at radius 2 is 1.68 bits per heavy atom. The average Bonchev–Trinajstić information content (AvgIpc) is 3.12. The summed E-state index contributed by atoms with van der Waals surface area (Å²) < 4.78 is 7.66. The topological polar surface area (TPSA) is 52.8 Å². The molecule has 140 valence electrons. The molecule has 0 N–H and O–H groups in total. The molecule has 0 aliphatic rings. The predicted molar refractivity (Wildman–Crippen MR) is 110 cm³/mol. The molecule has 0 aliphatic heterocycles. The highest BCUT2D eigenvalue weighted by molar-refractivity contribution is 7.99. The van der Waals surface area contributed by atoms with Crippen molar-refractivity contribution < 1.29 is 4.74 Å². The lowest BCUT2D eigenvalue weighted by Crippen LogP contribution is -2.04. The van der Waals surface area contributed by atoms with E-state index in [1.807, 2.05) is 67.6 Å². The van der Waals surface area contributed by atoms with Gasteiger partial charge in [-0.15, -0.1) is 10.2 Å². The van der Waals surface area contributed by atoms with Crippen molar-refractivity contribution in [3.05, 3.63) is 90.4 Å². The molecule has 0 spiro atoms. The van der Waals surface area contributed by atoms with Gasteiger partial charge in [-0.1, -0.05) is 36.4 Å². The molecule has 0 bridgehead atoms. The zero-order valence-electron chi connectivity index (χ0n) is 15.5. The second-order valence-electron chi connectivity index (χ2n) is 6.09. The molecule has 4 aromatic rings. The SMILES string of the molecule is CCOc1ccc(-n2c(Cc3ccccc3)nnc2Sc2ccccn2)cc1. The van der Waals surface area contributed by atoms with Crippen LogP contribution in [0.5, 0.6) is 5.75 Å². The highest BCUT2D eigenvalue weighted by atomic mass is 32.2. The molecular weight excluding hydrogens is 368 g/mol. The van der Waals surface area contributed by atoms with E-state index in [0.29, 0.717) is 13.0 Å². The standard InChI is InChI=1S/C22H20N4OS/c1-2-27-19-13-11-18(12-14-19)26-20(16-17-8-4-3-5-9-17)24-25-22(26)28-21-10-6-7-15-23-21/h3-15H,2,16H2,1H3. The Balaban J connectivity index is 1.72. The molecule has 2 heterocycles. The first kappa shape index (κ1) is 18.3. The minimum Gasteiger partial charge on any atom is -0.494 e. The van der Waals surface area contributed by atoms with Crippen LogP contribution in [0.1, 0.15) is 18.3 Å². The van der Waals surface area contributed by atoms with E-state index in [2.05, 4.69) is 31.9 Å². The second-order valence-corrected chi connectivity index (χ2v) is 7.08. The van der Waals surface area contributed by atoms with E-state index in [-0.39, 0.29) is 0 Å². The van der Waals surface area contributed by atoms with Crippen molar-refractivity contribution in [2.75, 3.05) is 6.61 Å². The molecule has 0 aliphatic carbocycles. The van der Waals surface area contributed by atoms with Crippen LogP contribution in [0.3, 0.4) is 0 Å². The summed E-state index contributed by atoms with van der Waals surface area (Å²) in [6, 6.07) is 24.2. The van der Waals surface area contributed by atoms with E-state index in [4.69, 9.17) is 4.74 Å². The van der Waals surface area contributed by atoms with Crippen LogP contribution in [-0.4, -0.2) is 26.4 Å². The zero-order valence-corrected chi connectivity index (χ0v) is 16.3. The number of hydrogen-bond donors (Lipinski definition) is 0. The van der Waals surface area contributed by atoms with Crippen LogP contribution in [-0.2, 0) is 6.42 Å². The van der Waals surface area contributed by atoms with Gasteiger partial charge in [0.1, 0.15) is 16.6 Å². The minimum absolute atomic E-state index is 0.645. The van der Waals surface area contributed by atoms with Crippen LogP contribution in [0.2, 0.25) is 0 Å². The summed E-state index contributed by atoms with van der Waals surface area (Å²) in [5, 5.41) is 10.6. The lowest BCUT2D eigenvalue weighted by atomic mass is 10.1. The summed E-state index contributed by atoms with van der Waals surface area (Å²) in [4.78, 5) is 4.40. The van der Waals surface area contributed by atoms with Crippen LogP contribution >= 0.6 is 11.8 Å². The first-order chi connectivity index (χ1) is 13.8. The van der Waals surface area contributed by atoms with Gasteiger partial charge in [0.2, 0.25) is 5.16 Å². The third-order valence-electron chi connectivity index (χ3n) is 4.14. The molecule has 2 aromatic carbocycles. The van der Waals surface area contributed by atoms with E-state index in [9.17, 15) is 0 Å².